The third kappa shape index (κ3) is 3.40. The van der Waals surface area contributed by atoms with Crippen LogP contribution in [-0.2, 0) is 11.3 Å². The van der Waals surface area contributed by atoms with Crippen LogP contribution < -0.4 is 0 Å². The summed E-state index contributed by atoms with van der Waals surface area (Å²) in [4.78, 5) is 18.0. The first-order valence-corrected chi connectivity index (χ1v) is 13.7. The molecule has 0 amide bonds. The lowest BCUT2D eigenvalue weighted by atomic mass is 9.44. The summed E-state index contributed by atoms with van der Waals surface area (Å²) in [7, 11) is 0. The summed E-state index contributed by atoms with van der Waals surface area (Å²) < 4.78 is 1.79. The van der Waals surface area contributed by atoms with Crippen molar-refractivity contribution in [1.82, 2.24) is 14.8 Å². The van der Waals surface area contributed by atoms with Gasteiger partial charge in [-0.25, -0.2) is 0 Å². The standard InChI is InChI=1S/C28H38ClN3O2/c1-26(34)10-11-27(2)17(13-26)4-5-19-20-6-7-22(28(20,3)9-8-21(19)27)25(33)16-32-24-12-18(29)14-30-23(24)15-31-32/h12,14-15,17,19-22,34H,4-11,13,16H2,1-3H3/t17-,19+,20+,21+,22-,26-,27+,28+/m1/s1. The molecule has 8 atom stereocenters. The topological polar surface area (TPSA) is 68.0 Å². The molecule has 6 rings (SSSR count). The molecule has 0 aliphatic heterocycles. The number of carbonyl (C=O) groups excluding carboxylic acids is 1. The van der Waals surface area contributed by atoms with Gasteiger partial charge in [0.2, 0.25) is 0 Å². The Labute approximate surface area is 207 Å². The normalized spacial score (nSPS) is 43.9. The molecule has 4 saturated carbocycles. The summed E-state index contributed by atoms with van der Waals surface area (Å²) in [6.07, 6.45) is 13.5. The lowest BCUT2D eigenvalue weighted by molar-refractivity contribution is -0.151. The molecule has 6 heteroatoms. The molecule has 34 heavy (non-hydrogen) atoms. The summed E-state index contributed by atoms with van der Waals surface area (Å²) in [6, 6.07) is 1.86. The van der Waals surface area contributed by atoms with Crippen LogP contribution in [0.4, 0.5) is 0 Å². The van der Waals surface area contributed by atoms with Gasteiger partial charge in [-0.3, -0.25) is 14.5 Å². The Kier molecular flexibility index (Phi) is 5.25. The van der Waals surface area contributed by atoms with Gasteiger partial charge in [0.25, 0.3) is 0 Å². The fourth-order valence-electron chi connectivity index (χ4n) is 9.28. The molecule has 4 aliphatic rings. The smallest absolute Gasteiger partial charge is 0.157 e. The number of hydrogen-bond acceptors (Lipinski definition) is 4. The van der Waals surface area contributed by atoms with Crippen LogP contribution >= 0.6 is 11.6 Å². The second kappa shape index (κ2) is 7.77. The molecule has 2 aromatic rings. The van der Waals surface area contributed by atoms with Gasteiger partial charge in [-0.2, -0.15) is 5.10 Å². The number of rotatable bonds is 3. The number of pyridine rings is 1. The molecule has 4 fully saturated rings. The van der Waals surface area contributed by atoms with Gasteiger partial charge in [-0.05, 0) is 105 Å². The molecule has 0 aromatic carbocycles. The van der Waals surface area contributed by atoms with Crippen molar-refractivity contribution in [2.24, 2.45) is 40.4 Å². The molecular formula is C28H38ClN3O2. The number of hydrogen-bond donors (Lipinski definition) is 1. The Morgan fingerprint density at radius 1 is 1.06 bits per heavy atom. The number of aromatic nitrogens is 3. The second-order valence-electron chi connectivity index (χ2n) is 12.9. The van der Waals surface area contributed by atoms with Gasteiger partial charge < -0.3 is 5.11 Å². The summed E-state index contributed by atoms with van der Waals surface area (Å²) in [6.45, 7) is 7.30. The monoisotopic (exact) mass is 483 g/mol. The number of ketones is 1. The lowest BCUT2D eigenvalue weighted by Crippen LogP contribution is -2.55. The molecule has 0 spiro atoms. The van der Waals surface area contributed by atoms with E-state index in [4.69, 9.17) is 11.6 Å². The first kappa shape index (κ1) is 23.0. The van der Waals surface area contributed by atoms with Gasteiger partial charge in [-0.15, -0.1) is 0 Å². The van der Waals surface area contributed by atoms with E-state index in [-0.39, 0.29) is 11.3 Å². The highest BCUT2D eigenvalue weighted by Gasteiger charge is 2.61. The number of fused-ring (bicyclic) bond motifs is 6. The fraction of sp³-hybridized carbons (Fsp3) is 0.750. The van der Waals surface area contributed by atoms with Crippen LogP contribution in [0.1, 0.15) is 78.6 Å². The third-order valence-corrected chi connectivity index (χ3v) is 11.3. The van der Waals surface area contributed by atoms with Crippen LogP contribution in [0, 0.1) is 40.4 Å². The number of nitrogens with zero attached hydrogens (tertiary/aromatic N) is 3. The average molecular weight is 484 g/mol. The quantitative estimate of drug-likeness (QED) is 0.575. The Morgan fingerprint density at radius 2 is 1.85 bits per heavy atom. The zero-order valence-electron chi connectivity index (χ0n) is 20.8. The predicted molar refractivity (Wildman–Crippen MR) is 133 cm³/mol. The van der Waals surface area contributed by atoms with Crippen molar-refractivity contribution in [3.8, 4) is 0 Å². The highest BCUT2D eigenvalue weighted by molar-refractivity contribution is 6.31. The Hall–Kier alpha value is -1.46. The maximum atomic E-state index is 13.7. The van der Waals surface area contributed by atoms with Gasteiger partial charge in [-0.1, -0.05) is 25.4 Å². The van der Waals surface area contributed by atoms with Crippen molar-refractivity contribution < 1.29 is 9.90 Å². The molecule has 2 heterocycles. The summed E-state index contributed by atoms with van der Waals surface area (Å²) >= 11 is 6.16. The van der Waals surface area contributed by atoms with E-state index in [2.05, 4.69) is 23.9 Å². The van der Waals surface area contributed by atoms with Crippen LogP contribution in [0.2, 0.25) is 5.02 Å². The van der Waals surface area contributed by atoms with Gasteiger partial charge in [0.15, 0.2) is 5.78 Å². The Morgan fingerprint density at radius 3 is 2.68 bits per heavy atom. The SMILES string of the molecule is C[C@@]1(O)CC[C@@]2(C)[C@H](CC[C@@H]3[C@@H]2CC[C@]2(C)[C@@H](C(=O)Cn4ncc5ncc(Cl)cc54)CC[C@@H]32)C1. The highest BCUT2D eigenvalue weighted by atomic mass is 35.5. The minimum Gasteiger partial charge on any atom is -0.390 e. The summed E-state index contributed by atoms with van der Waals surface area (Å²) in [5, 5.41) is 15.8. The maximum absolute atomic E-state index is 13.7. The molecule has 0 unspecified atom stereocenters. The fourth-order valence-corrected chi connectivity index (χ4v) is 9.43. The molecule has 0 bridgehead atoms. The van der Waals surface area contributed by atoms with Crippen LogP contribution in [-0.4, -0.2) is 31.3 Å². The minimum atomic E-state index is -0.485. The van der Waals surface area contributed by atoms with Crippen molar-refractivity contribution in [2.75, 3.05) is 0 Å². The lowest BCUT2D eigenvalue weighted by Gasteiger charge is -2.61. The number of Topliss-reactive ketones (excluding diaryl/α,β-unsaturated/α-hetero) is 1. The van der Waals surface area contributed by atoms with E-state index in [0.717, 1.165) is 55.0 Å². The van der Waals surface area contributed by atoms with Crippen molar-refractivity contribution in [1.29, 1.82) is 0 Å². The Bertz CT molecular complexity index is 1130. The number of carbonyl (C=O) groups is 1. The van der Waals surface area contributed by atoms with E-state index < -0.39 is 5.60 Å². The van der Waals surface area contributed by atoms with Gasteiger partial charge in [0.05, 0.1) is 22.3 Å². The first-order chi connectivity index (χ1) is 16.1. The molecule has 184 valence electrons. The molecule has 4 aliphatic carbocycles. The zero-order chi connectivity index (χ0) is 23.9. The van der Waals surface area contributed by atoms with Crippen LogP contribution in [0.5, 0.6) is 0 Å². The van der Waals surface area contributed by atoms with Crippen molar-refractivity contribution in [3.63, 3.8) is 0 Å². The molecule has 0 radical (unpaired) electrons. The number of aliphatic hydroxyl groups is 1. The van der Waals surface area contributed by atoms with Crippen LogP contribution in [0.3, 0.4) is 0 Å². The van der Waals surface area contributed by atoms with E-state index in [0.29, 0.717) is 34.6 Å². The van der Waals surface area contributed by atoms with Crippen LogP contribution in [0.25, 0.3) is 11.0 Å². The van der Waals surface area contributed by atoms with Gasteiger partial charge in [0.1, 0.15) is 12.1 Å². The Balaban J connectivity index is 1.22. The third-order valence-electron chi connectivity index (χ3n) is 11.1. The number of halogens is 1. The van der Waals surface area contributed by atoms with Gasteiger partial charge in [0, 0.05) is 12.1 Å². The van der Waals surface area contributed by atoms with Crippen molar-refractivity contribution in [2.45, 2.75) is 90.7 Å². The molecular weight excluding hydrogens is 446 g/mol. The van der Waals surface area contributed by atoms with Gasteiger partial charge >= 0.3 is 0 Å². The van der Waals surface area contributed by atoms with E-state index in [1.54, 1.807) is 17.1 Å². The molecule has 5 nitrogen and oxygen atoms in total. The van der Waals surface area contributed by atoms with Crippen molar-refractivity contribution >= 4 is 28.4 Å². The molecule has 0 saturated heterocycles. The van der Waals surface area contributed by atoms with E-state index in [9.17, 15) is 9.90 Å². The van der Waals surface area contributed by atoms with E-state index in [1.165, 1.54) is 25.7 Å². The van der Waals surface area contributed by atoms with Crippen LogP contribution in [0.15, 0.2) is 18.5 Å². The zero-order valence-corrected chi connectivity index (χ0v) is 21.5. The molecule has 1 N–H and O–H groups in total. The highest BCUT2D eigenvalue weighted by Crippen LogP contribution is 2.68. The van der Waals surface area contributed by atoms with E-state index in [1.807, 2.05) is 13.0 Å². The predicted octanol–water partition coefficient (Wildman–Crippen LogP) is 6.06. The second-order valence-corrected chi connectivity index (χ2v) is 13.3. The van der Waals surface area contributed by atoms with E-state index >= 15 is 0 Å². The van der Waals surface area contributed by atoms with Crippen molar-refractivity contribution in [3.05, 3.63) is 23.5 Å². The first-order valence-electron chi connectivity index (χ1n) is 13.3. The maximum Gasteiger partial charge on any atom is 0.157 e. The largest absolute Gasteiger partial charge is 0.390 e. The average Bonchev–Trinajstić information content (AvgIpc) is 3.34. The molecule has 2 aromatic heterocycles. The minimum absolute atomic E-state index is 0.0977. The summed E-state index contributed by atoms with van der Waals surface area (Å²) in [5.41, 5.74) is 1.59. The summed E-state index contributed by atoms with van der Waals surface area (Å²) in [5.74, 6) is 3.21.